The molecule has 0 bridgehead atoms. The maximum atomic E-state index is 13.9. The molecule has 6 nitrogen and oxygen atoms in total. The predicted octanol–water partition coefficient (Wildman–Crippen LogP) is 5.59. The molecule has 1 atom stereocenters. The zero-order valence-corrected chi connectivity index (χ0v) is 21.3. The first-order valence-electron chi connectivity index (χ1n) is 11.9. The molecular weight excluding hydrogens is 464 g/mol. The minimum atomic E-state index is -1.09. The van der Waals surface area contributed by atoms with E-state index in [1.54, 1.807) is 32.7 Å². The third-order valence-corrected chi connectivity index (χ3v) is 8.54. The summed E-state index contributed by atoms with van der Waals surface area (Å²) in [6.07, 6.45) is 8.70. The van der Waals surface area contributed by atoms with E-state index in [-0.39, 0.29) is 17.9 Å². The van der Waals surface area contributed by atoms with Crippen LogP contribution in [0.1, 0.15) is 55.9 Å². The van der Waals surface area contributed by atoms with Gasteiger partial charge in [-0.05, 0) is 61.7 Å². The van der Waals surface area contributed by atoms with Crippen molar-refractivity contribution in [1.82, 2.24) is 15.1 Å². The molecule has 2 aromatic heterocycles. The molecule has 0 spiro atoms. The topological polar surface area (TPSA) is 67.2 Å². The standard InChI is InChI=1S/C26H30N4O2S2/c1-26(25(32)27-18-9-5-3-4-6-10-18)17-29-22(16-21(28-29)23-13-8-14-34-23)24(31)30(26)19-11-7-12-20(15-19)33-2/h7-8,11-16,18H,3-6,9-10,17H2,1-2H3,(H,27,32)/t26-/m1/s1. The Morgan fingerprint density at radius 3 is 2.65 bits per heavy atom. The van der Waals surface area contributed by atoms with E-state index in [1.807, 2.05) is 61.0 Å². The molecule has 1 N–H and O–H groups in total. The van der Waals surface area contributed by atoms with Crippen molar-refractivity contribution in [3.63, 3.8) is 0 Å². The highest BCUT2D eigenvalue weighted by Crippen LogP contribution is 2.36. The maximum Gasteiger partial charge on any atom is 0.277 e. The molecule has 3 aromatic rings. The highest BCUT2D eigenvalue weighted by molar-refractivity contribution is 7.98. The number of hydrogen-bond donors (Lipinski definition) is 1. The van der Waals surface area contributed by atoms with Gasteiger partial charge >= 0.3 is 0 Å². The van der Waals surface area contributed by atoms with Gasteiger partial charge in [0.2, 0.25) is 5.91 Å². The van der Waals surface area contributed by atoms with Crippen LogP contribution >= 0.6 is 23.1 Å². The lowest BCUT2D eigenvalue weighted by molar-refractivity contribution is -0.127. The number of carbonyl (C=O) groups excluding carboxylic acids is 2. The monoisotopic (exact) mass is 494 g/mol. The second-order valence-corrected chi connectivity index (χ2v) is 11.2. The van der Waals surface area contributed by atoms with Crippen LogP contribution in [0.4, 0.5) is 5.69 Å². The van der Waals surface area contributed by atoms with Gasteiger partial charge < -0.3 is 5.32 Å². The molecule has 2 amide bonds. The summed E-state index contributed by atoms with van der Waals surface area (Å²) in [7, 11) is 0. The molecule has 1 aliphatic heterocycles. The van der Waals surface area contributed by atoms with Crippen LogP contribution in [-0.2, 0) is 11.3 Å². The minimum absolute atomic E-state index is 0.110. The Balaban J connectivity index is 1.55. The lowest BCUT2D eigenvalue weighted by Gasteiger charge is -2.43. The second-order valence-electron chi connectivity index (χ2n) is 9.33. The molecule has 1 saturated carbocycles. The van der Waals surface area contributed by atoms with Crippen molar-refractivity contribution >= 4 is 40.6 Å². The maximum absolute atomic E-state index is 13.9. The van der Waals surface area contributed by atoms with E-state index in [2.05, 4.69) is 5.32 Å². The van der Waals surface area contributed by atoms with Crippen molar-refractivity contribution < 1.29 is 9.59 Å². The van der Waals surface area contributed by atoms with Crippen LogP contribution in [0, 0.1) is 0 Å². The number of carbonyl (C=O) groups is 2. The molecule has 0 unspecified atom stereocenters. The second kappa shape index (κ2) is 9.58. The van der Waals surface area contributed by atoms with Gasteiger partial charge in [0.05, 0.1) is 11.4 Å². The summed E-state index contributed by atoms with van der Waals surface area (Å²) in [6, 6.07) is 13.9. The van der Waals surface area contributed by atoms with E-state index in [0.717, 1.165) is 46.8 Å². The van der Waals surface area contributed by atoms with Crippen LogP contribution in [0.3, 0.4) is 0 Å². The van der Waals surface area contributed by atoms with Crippen LogP contribution < -0.4 is 10.2 Å². The number of thioether (sulfide) groups is 1. The van der Waals surface area contributed by atoms with Crippen molar-refractivity contribution in [2.45, 2.75) is 68.5 Å². The fourth-order valence-corrected chi connectivity index (χ4v) is 6.18. The van der Waals surface area contributed by atoms with Crippen molar-refractivity contribution in [3.8, 4) is 10.6 Å². The Labute approximate surface area is 208 Å². The van der Waals surface area contributed by atoms with Gasteiger partial charge in [-0.15, -0.1) is 23.1 Å². The van der Waals surface area contributed by atoms with Gasteiger partial charge in [-0.2, -0.15) is 5.10 Å². The van der Waals surface area contributed by atoms with Gasteiger partial charge in [-0.25, -0.2) is 0 Å². The highest BCUT2D eigenvalue weighted by atomic mass is 32.2. The van der Waals surface area contributed by atoms with Crippen LogP contribution in [0.2, 0.25) is 0 Å². The summed E-state index contributed by atoms with van der Waals surface area (Å²) in [5, 5.41) is 10.0. The number of anilines is 1. The van der Waals surface area contributed by atoms with E-state index in [4.69, 9.17) is 5.10 Å². The van der Waals surface area contributed by atoms with Crippen LogP contribution in [0.15, 0.2) is 52.7 Å². The zero-order chi connectivity index (χ0) is 23.7. The summed E-state index contributed by atoms with van der Waals surface area (Å²) in [5.41, 5.74) is 0.925. The molecular formula is C26H30N4O2S2. The fourth-order valence-electron chi connectivity index (χ4n) is 5.04. The van der Waals surface area contributed by atoms with Gasteiger partial charge in [0.1, 0.15) is 16.9 Å². The van der Waals surface area contributed by atoms with E-state index < -0.39 is 5.54 Å². The molecule has 1 fully saturated rings. The zero-order valence-electron chi connectivity index (χ0n) is 19.6. The van der Waals surface area contributed by atoms with E-state index in [9.17, 15) is 9.59 Å². The lowest BCUT2D eigenvalue weighted by atomic mass is 9.93. The van der Waals surface area contributed by atoms with Gasteiger partial charge in [0.15, 0.2) is 0 Å². The highest BCUT2D eigenvalue weighted by Gasteiger charge is 2.49. The summed E-state index contributed by atoms with van der Waals surface area (Å²) in [4.78, 5) is 31.6. The fraction of sp³-hybridized carbons (Fsp3) is 0.423. The number of nitrogens with one attached hydrogen (secondary N) is 1. The molecule has 0 radical (unpaired) electrons. The van der Waals surface area contributed by atoms with Gasteiger partial charge in [0, 0.05) is 16.6 Å². The Bertz CT molecular complexity index is 1180. The number of fused-ring (bicyclic) bond motifs is 1. The first kappa shape index (κ1) is 23.2. The van der Waals surface area contributed by atoms with E-state index in [1.165, 1.54) is 12.8 Å². The van der Waals surface area contributed by atoms with E-state index >= 15 is 0 Å². The number of amides is 2. The van der Waals surface area contributed by atoms with Gasteiger partial charge in [0.25, 0.3) is 5.91 Å². The first-order chi connectivity index (χ1) is 16.5. The van der Waals surface area contributed by atoms with Gasteiger partial charge in [-0.1, -0.05) is 37.8 Å². The molecule has 34 heavy (non-hydrogen) atoms. The van der Waals surface area contributed by atoms with Crippen molar-refractivity contribution in [2.24, 2.45) is 0 Å². The Hall–Kier alpha value is -2.58. The smallest absolute Gasteiger partial charge is 0.277 e. The van der Waals surface area contributed by atoms with Gasteiger partial charge in [-0.3, -0.25) is 19.2 Å². The number of thiophene rings is 1. The molecule has 8 heteroatoms. The quantitative estimate of drug-likeness (QED) is 0.371. The molecule has 0 saturated heterocycles. The van der Waals surface area contributed by atoms with Crippen molar-refractivity contribution in [3.05, 3.63) is 53.5 Å². The summed E-state index contributed by atoms with van der Waals surface area (Å²) < 4.78 is 1.72. The summed E-state index contributed by atoms with van der Waals surface area (Å²) in [6.45, 7) is 2.18. The molecule has 178 valence electrons. The average Bonchev–Trinajstić information content (AvgIpc) is 3.45. The summed E-state index contributed by atoms with van der Waals surface area (Å²) in [5.74, 6) is -0.306. The van der Waals surface area contributed by atoms with Crippen molar-refractivity contribution in [2.75, 3.05) is 11.2 Å². The van der Waals surface area contributed by atoms with Crippen LogP contribution in [-0.4, -0.2) is 39.4 Å². The third kappa shape index (κ3) is 4.29. The number of aromatic nitrogens is 2. The van der Waals surface area contributed by atoms with Crippen LogP contribution in [0.5, 0.6) is 0 Å². The Kier molecular flexibility index (Phi) is 6.53. The van der Waals surface area contributed by atoms with E-state index in [0.29, 0.717) is 12.2 Å². The molecule has 2 aliphatic rings. The number of benzene rings is 1. The number of nitrogens with zero attached hydrogens (tertiary/aromatic N) is 3. The summed E-state index contributed by atoms with van der Waals surface area (Å²) >= 11 is 3.21. The lowest BCUT2D eigenvalue weighted by Crippen LogP contribution is -2.65. The normalized spacial score (nSPS) is 21.2. The minimum Gasteiger partial charge on any atom is -0.351 e. The molecule has 5 rings (SSSR count). The number of hydrogen-bond acceptors (Lipinski definition) is 5. The molecule has 1 aliphatic carbocycles. The Morgan fingerprint density at radius 1 is 1.15 bits per heavy atom. The van der Waals surface area contributed by atoms with Crippen molar-refractivity contribution in [1.29, 1.82) is 0 Å². The SMILES string of the molecule is CSc1cccc(N2C(=O)c3cc(-c4cccs4)nn3C[C@]2(C)C(=O)NC2CCCCCC2)c1. The Morgan fingerprint density at radius 2 is 1.94 bits per heavy atom. The molecule has 3 heterocycles. The molecule has 1 aromatic carbocycles. The largest absolute Gasteiger partial charge is 0.351 e. The first-order valence-corrected chi connectivity index (χ1v) is 14.0. The predicted molar refractivity (Wildman–Crippen MR) is 139 cm³/mol. The average molecular weight is 495 g/mol. The number of rotatable bonds is 5. The van der Waals surface area contributed by atoms with Crippen LogP contribution in [0.25, 0.3) is 10.6 Å². The third-order valence-electron chi connectivity index (χ3n) is 6.92.